The molecule has 0 radical (unpaired) electrons. The number of halogens is 1. The van der Waals surface area contributed by atoms with Crippen LogP contribution in [-0.4, -0.2) is 17.8 Å². The van der Waals surface area contributed by atoms with Crippen molar-refractivity contribution in [2.45, 2.75) is 18.9 Å². The molecule has 0 aliphatic heterocycles. The van der Waals surface area contributed by atoms with Crippen LogP contribution >= 0.6 is 0 Å². The Kier molecular flexibility index (Phi) is 3.07. The SMILES string of the molecule is N#Cc1ccc(OCC2CC(O)C2)cc1F. The first kappa shape index (κ1) is 10.9. The number of nitriles is 1. The van der Waals surface area contributed by atoms with Crippen LogP contribution in [0.2, 0.25) is 0 Å². The van der Waals surface area contributed by atoms with Gasteiger partial charge in [0, 0.05) is 6.07 Å². The number of aliphatic hydroxyl groups excluding tert-OH is 1. The van der Waals surface area contributed by atoms with Crippen LogP contribution in [0.1, 0.15) is 18.4 Å². The highest BCUT2D eigenvalue weighted by Gasteiger charge is 2.27. The third-order valence-electron chi connectivity index (χ3n) is 2.76. The average molecular weight is 221 g/mol. The summed E-state index contributed by atoms with van der Waals surface area (Å²) in [5.74, 6) is 0.222. The predicted octanol–water partition coefficient (Wildman–Crippen LogP) is 1.85. The van der Waals surface area contributed by atoms with Gasteiger partial charge in [0.15, 0.2) is 0 Å². The molecule has 0 atom stereocenters. The number of benzene rings is 1. The molecular formula is C12H12FNO2. The van der Waals surface area contributed by atoms with Crippen molar-refractivity contribution in [2.24, 2.45) is 5.92 Å². The molecule has 0 unspecified atom stereocenters. The molecule has 1 saturated carbocycles. The molecule has 0 spiro atoms. The Balaban J connectivity index is 1.90. The summed E-state index contributed by atoms with van der Waals surface area (Å²) in [4.78, 5) is 0. The monoisotopic (exact) mass is 221 g/mol. The first-order valence-electron chi connectivity index (χ1n) is 5.19. The lowest BCUT2D eigenvalue weighted by Gasteiger charge is -2.30. The first-order chi connectivity index (χ1) is 7.69. The Morgan fingerprint density at radius 3 is 2.81 bits per heavy atom. The molecule has 0 amide bonds. The van der Waals surface area contributed by atoms with E-state index in [0.717, 1.165) is 12.8 Å². The van der Waals surface area contributed by atoms with Crippen LogP contribution in [-0.2, 0) is 0 Å². The molecule has 84 valence electrons. The van der Waals surface area contributed by atoms with Gasteiger partial charge in [-0.3, -0.25) is 0 Å². The summed E-state index contributed by atoms with van der Waals surface area (Å²) in [6, 6.07) is 5.95. The van der Waals surface area contributed by atoms with E-state index in [1.807, 2.05) is 0 Å². The molecule has 1 aromatic carbocycles. The molecule has 3 nitrogen and oxygen atoms in total. The Morgan fingerprint density at radius 1 is 1.50 bits per heavy atom. The molecule has 1 aromatic rings. The van der Waals surface area contributed by atoms with E-state index in [2.05, 4.69) is 0 Å². The summed E-state index contributed by atoms with van der Waals surface area (Å²) in [5.41, 5.74) is 0.0198. The largest absolute Gasteiger partial charge is 0.493 e. The van der Waals surface area contributed by atoms with Gasteiger partial charge in [0.25, 0.3) is 0 Å². The highest BCUT2D eigenvalue weighted by atomic mass is 19.1. The van der Waals surface area contributed by atoms with Gasteiger partial charge < -0.3 is 9.84 Å². The summed E-state index contributed by atoms with van der Waals surface area (Å²) in [6.45, 7) is 0.488. The third-order valence-corrected chi connectivity index (χ3v) is 2.76. The van der Waals surface area contributed by atoms with E-state index in [9.17, 15) is 4.39 Å². The van der Waals surface area contributed by atoms with E-state index in [0.29, 0.717) is 18.3 Å². The van der Waals surface area contributed by atoms with Gasteiger partial charge in [-0.15, -0.1) is 0 Å². The lowest BCUT2D eigenvalue weighted by Crippen LogP contribution is -2.32. The van der Waals surface area contributed by atoms with Gasteiger partial charge in [-0.25, -0.2) is 4.39 Å². The Morgan fingerprint density at radius 2 is 2.25 bits per heavy atom. The fourth-order valence-electron chi connectivity index (χ4n) is 1.73. The zero-order valence-electron chi connectivity index (χ0n) is 8.69. The van der Waals surface area contributed by atoms with Crippen LogP contribution < -0.4 is 4.74 Å². The third kappa shape index (κ3) is 2.31. The van der Waals surface area contributed by atoms with Crippen LogP contribution in [0.15, 0.2) is 18.2 Å². The number of aliphatic hydroxyl groups is 1. The molecule has 16 heavy (non-hydrogen) atoms. The second-order valence-corrected chi connectivity index (χ2v) is 4.06. The Hall–Kier alpha value is -1.60. The number of nitrogens with zero attached hydrogens (tertiary/aromatic N) is 1. The van der Waals surface area contributed by atoms with Crippen molar-refractivity contribution in [3.05, 3.63) is 29.6 Å². The van der Waals surface area contributed by atoms with Crippen LogP contribution in [0.3, 0.4) is 0 Å². The summed E-state index contributed by atoms with van der Waals surface area (Å²) in [5, 5.41) is 17.6. The summed E-state index contributed by atoms with van der Waals surface area (Å²) in [6.07, 6.45) is 1.30. The quantitative estimate of drug-likeness (QED) is 0.847. The fourth-order valence-corrected chi connectivity index (χ4v) is 1.73. The van der Waals surface area contributed by atoms with Crippen LogP contribution in [0, 0.1) is 23.1 Å². The lowest BCUT2D eigenvalue weighted by molar-refractivity contribution is 0.0202. The van der Waals surface area contributed by atoms with Crippen LogP contribution in [0.4, 0.5) is 4.39 Å². The normalized spacial score (nSPS) is 23.3. The van der Waals surface area contributed by atoms with Crippen molar-refractivity contribution in [1.82, 2.24) is 0 Å². The lowest BCUT2D eigenvalue weighted by atomic mass is 9.83. The minimum Gasteiger partial charge on any atom is -0.493 e. The van der Waals surface area contributed by atoms with E-state index < -0.39 is 5.82 Å². The fraction of sp³-hybridized carbons (Fsp3) is 0.417. The molecule has 1 aliphatic carbocycles. The van der Waals surface area contributed by atoms with Crippen LogP contribution in [0.5, 0.6) is 5.75 Å². The van der Waals surface area contributed by atoms with Gasteiger partial charge >= 0.3 is 0 Å². The minimum absolute atomic E-state index is 0.0198. The second kappa shape index (κ2) is 4.50. The molecule has 0 saturated heterocycles. The van der Waals surface area contributed by atoms with Crippen molar-refractivity contribution in [1.29, 1.82) is 5.26 Å². The highest BCUT2D eigenvalue weighted by molar-refractivity contribution is 5.36. The average Bonchev–Trinajstić information content (AvgIpc) is 2.23. The molecule has 2 rings (SSSR count). The van der Waals surface area contributed by atoms with E-state index >= 15 is 0 Å². The molecule has 1 N–H and O–H groups in total. The van der Waals surface area contributed by atoms with E-state index in [1.54, 1.807) is 12.1 Å². The number of rotatable bonds is 3. The standard InChI is InChI=1S/C12H12FNO2/c13-12-5-11(2-1-9(12)6-14)16-7-8-3-10(15)4-8/h1-2,5,8,10,15H,3-4,7H2. The smallest absolute Gasteiger partial charge is 0.144 e. The molecule has 1 aliphatic rings. The number of hydrogen-bond donors (Lipinski definition) is 1. The highest BCUT2D eigenvalue weighted by Crippen LogP contribution is 2.28. The first-order valence-corrected chi connectivity index (χ1v) is 5.19. The van der Waals surface area contributed by atoms with Crippen molar-refractivity contribution in [2.75, 3.05) is 6.61 Å². The Bertz CT molecular complexity index is 422. The summed E-state index contributed by atoms with van der Waals surface area (Å²) < 4.78 is 18.6. The van der Waals surface area contributed by atoms with Gasteiger partial charge in [-0.2, -0.15) is 5.26 Å². The molecule has 0 bridgehead atoms. The zero-order chi connectivity index (χ0) is 11.5. The van der Waals surface area contributed by atoms with Crippen molar-refractivity contribution in [3.8, 4) is 11.8 Å². The molecular weight excluding hydrogens is 209 g/mol. The van der Waals surface area contributed by atoms with E-state index in [-0.39, 0.29) is 11.7 Å². The van der Waals surface area contributed by atoms with Gasteiger partial charge in [-0.1, -0.05) is 0 Å². The van der Waals surface area contributed by atoms with Gasteiger partial charge in [0.1, 0.15) is 17.6 Å². The molecule has 0 heterocycles. The molecule has 0 aromatic heterocycles. The van der Waals surface area contributed by atoms with E-state index in [4.69, 9.17) is 15.1 Å². The van der Waals surface area contributed by atoms with Crippen LogP contribution in [0.25, 0.3) is 0 Å². The maximum absolute atomic E-state index is 13.2. The minimum atomic E-state index is -0.561. The second-order valence-electron chi connectivity index (χ2n) is 4.06. The topological polar surface area (TPSA) is 53.2 Å². The Labute approximate surface area is 93.1 Å². The summed E-state index contributed by atoms with van der Waals surface area (Å²) in [7, 11) is 0. The zero-order valence-corrected chi connectivity index (χ0v) is 8.69. The maximum Gasteiger partial charge on any atom is 0.144 e. The van der Waals surface area contributed by atoms with Crippen molar-refractivity contribution < 1.29 is 14.2 Å². The van der Waals surface area contributed by atoms with Gasteiger partial charge in [0.2, 0.25) is 0 Å². The van der Waals surface area contributed by atoms with Gasteiger partial charge in [0.05, 0.1) is 18.3 Å². The van der Waals surface area contributed by atoms with Gasteiger partial charge in [-0.05, 0) is 30.9 Å². The maximum atomic E-state index is 13.2. The number of ether oxygens (including phenoxy) is 1. The van der Waals surface area contributed by atoms with Crippen molar-refractivity contribution in [3.63, 3.8) is 0 Å². The predicted molar refractivity (Wildman–Crippen MR) is 55.3 cm³/mol. The number of hydrogen-bond acceptors (Lipinski definition) is 3. The molecule has 1 fully saturated rings. The van der Waals surface area contributed by atoms with E-state index in [1.165, 1.54) is 12.1 Å². The molecule has 4 heteroatoms. The summed E-state index contributed by atoms with van der Waals surface area (Å²) >= 11 is 0. The van der Waals surface area contributed by atoms with Crippen molar-refractivity contribution >= 4 is 0 Å².